The third kappa shape index (κ3) is 3.00. The second-order valence-corrected chi connectivity index (χ2v) is 6.47. The number of nitrogens with zero attached hydrogens (tertiary/aromatic N) is 4. The molecule has 4 nitrogen and oxygen atoms in total. The van der Waals surface area contributed by atoms with Crippen LogP contribution in [-0.2, 0) is 13.0 Å². The predicted molar refractivity (Wildman–Crippen MR) is 88.8 cm³/mol. The number of imidazole rings is 1. The molecule has 0 N–H and O–H groups in total. The van der Waals surface area contributed by atoms with Gasteiger partial charge in [0.15, 0.2) is 0 Å². The molecule has 0 aliphatic carbocycles. The Hall–Kier alpha value is -1.86. The Kier molecular flexibility index (Phi) is 4.44. The van der Waals surface area contributed by atoms with Crippen molar-refractivity contribution in [3.63, 3.8) is 0 Å². The van der Waals surface area contributed by atoms with E-state index in [4.69, 9.17) is 10.2 Å². The smallest absolute Gasteiger partial charge is 0.124 e. The van der Waals surface area contributed by atoms with Gasteiger partial charge < -0.3 is 9.47 Å². The van der Waals surface area contributed by atoms with Crippen LogP contribution in [0.3, 0.4) is 0 Å². The highest BCUT2D eigenvalue weighted by Gasteiger charge is 2.15. The van der Waals surface area contributed by atoms with Gasteiger partial charge in [0.05, 0.1) is 23.5 Å². The van der Waals surface area contributed by atoms with Crippen molar-refractivity contribution in [1.82, 2.24) is 14.5 Å². The van der Waals surface area contributed by atoms with Gasteiger partial charge in [0.1, 0.15) is 5.82 Å². The van der Waals surface area contributed by atoms with Crippen LogP contribution in [0.25, 0.3) is 11.0 Å². The number of hydrogen-bond acceptors (Lipinski definition) is 3. The molecular formula is C18H24N4. The third-order valence-corrected chi connectivity index (χ3v) is 4.59. The summed E-state index contributed by atoms with van der Waals surface area (Å²) in [6.45, 7) is 8.78. The summed E-state index contributed by atoms with van der Waals surface area (Å²) in [5.41, 5.74) is 3.49. The Morgan fingerprint density at radius 3 is 2.68 bits per heavy atom. The van der Waals surface area contributed by atoms with E-state index in [9.17, 15) is 0 Å². The molecule has 0 spiro atoms. The summed E-state index contributed by atoms with van der Waals surface area (Å²) >= 11 is 0. The molecule has 2 aromatic rings. The third-order valence-electron chi connectivity index (χ3n) is 4.59. The maximum Gasteiger partial charge on any atom is 0.124 e. The maximum absolute atomic E-state index is 9.08. The summed E-state index contributed by atoms with van der Waals surface area (Å²) in [7, 11) is 0. The van der Waals surface area contributed by atoms with Gasteiger partial charge in [0, 0.05) is 13.1 Å². The molecular weight excluding hydrogens is 272 g/mol. The van der Waals surface area contributed by atoms with E-state index in [1.165, 1.54) is 31.5 Å². The number of nitriles is 1. The second-order valence-electron chi connectivity index (χ2n) is 6.47. The topological polar surface area (TPSA) is 44.9 Å². The molecule has 0 amide bonds. The lowest BCUT2D eigenvalue weighted by molar-refractivity contribution is 0.323. The van der Waals surface area contributed by atoms with Gasteiger partial charge in [0.25, 0.3) is 0 Å². The van der Waals surface area contributed by atoms with Gasteiger partial charge in [0.2, 0.25) is 0 Å². The first-order valence-corrected chi connectivity index (χ1v) is 8.27. The number of rotatable bonds is 5. The molecule has 1 aliphatic heterocycles. The van der Waals surface area contributed by atoms with Gasteiger partial charge in [-0.1, -0.05) is 19.9 Å². The summed E-state index contributed by atoms with van der Waals surface area (Å²) < 4.78 is 2.24. The van der Waals surface area contributed by atoms with Gasteiger partial charge in [-0.25, -0.2) is 4.98 Å². The van der Waals surface area contributed by atoms with E-state index < -0.39 is 0 Å². The maximum atomic E-state index is 9.08. The first-order valence-electron chi connectivity index (χ1n) is 8.27. The first kappa shape index (κ1) is 15.1. The van der Waals surface area contributed by atoms with E-state index in [-0.39, 0.29) is 0 Å². The molecule has 1 saturated heterocycles. The number of benzene rings is 1. The Bertz CT molecular complexity index is 687. The summed E-state index contributed by atoms with van der Waals surface area (Å²) in [6.07, 6.45) is 3.01. The Balaban J connectivity index is 1.91. The molecule has 116 valence electrons. The van der Waals surface area contributed by atoms with E-state index in [0.29, 0.717) is 12.3 Å². The van der Waals surface area contributed by atoms with E-state index in [0.717, 1.165) is 29.9 Å². The van der Waals surface area contributed by atoms with E-state index in [1.807, 2.05) is 0 Å². The van der Waals surface area contributed by atoms with Gasteiger partial charge in [-0.2, -0.15) is 5.26 Å². The van der Waals surface area contributed by atoms with Crippen molar-refractivity contribution >= 4 is 11.0 Å². The van der Waals surface area contributed by atoms with Crippen LogP contribution < -0.4 is 0 Å². The van der Waals surface area contributed by atoms with Gasteiger partial charge in [-0.05, 0) is 49.5 Å². The summed E-state index contributed by atoms with van der Waals surface area (Å²) in [5.74, 6) is 1.40. The van der Waals surface area contributed by atoms with Gasteiger partial charge in [-0.3, -0.25) is 0 Å². The molecule has 0 saturated carbocycles. The Morgan fingerprint density at radius 1 is 1.23 bits per heavy atom. The van der Waals surface area contributed by atoms with Crippen LogP contribution in [0.4, 0.5) is 0 Å². The predicted octanol–water partition coefficient (Wildman–Crippen LogP) is 3.32. The zero-order chi connectivity index (χ0) is 15.5. The van der Waals surface area contributed by atoms with E-state index in [1.54, 1.807) is 0 Å². The van der Waals surface area contributed by atoms with Gasteiger partial charge >= 0.3 is 0 Å². The number of hydrogen-bond donors (Lipinski definition) is 0. The Morgan fingerprint density at radius 2 is 2.00 bits per heavy atom. The molecule has 1 aromatic carbocycles. The minimum atomic E-state index is 0.381. The summed E-state index contributed by atoms with van der Waals surface area (Å²) in [4.78, 5) is 7.22. The largest absolute Gasteiger partial charge is 0.326 e. The molecule has 22 heavy (non-hydrogen) atoms. The fraction of sp³-hybridized carbons (Fsp3) is 0.556. The van der Waals surface area contributed by atoms with Crippen molar-refractivity contribution < 1.29 is 0 Å². The zero-order valence-corrected chi connectivity index (χ0v) is 13.5. The quantitative estimate of drug-likeness (QED) is 0.850. The standard InChI is InChI=1S/C18H24N4/c1-14(2)15-5-6-17-16(13-15)20-18(7-8-19)22(17)12-11-21-9-3-4-10-21/h5-6,13-14H,3-4,7,9-12H2,1-2H3. The highest BCUT2D eigenvalue weighted by molar-refractivity contribution is 5.77. The number of aromatic nitrogens is 2. The molecule has 0 unspecified atom stereocenters. The number of fused-ring (bicyclic) bond motifs is 1. The lowest BCUT2D eigenvalue weighted by Gasteiger charge is -2.16. The van der Waals surface area contributed by atoms with Crippen LogP contribution in [0.15, 0.2) is 18.2 Å². The van der Waals surface area contributed by atoms with Crippen molar-refractivity contribution in [3.05, 3.63) is 29.6 Å². The fourth-order valence-electron chi connectivity index (χ4n) is 3.26. The molecule has 1 fully saturated rings. The normalized spacial score (nSPS) is 15.7. The average molecular weight is 296 g/mol. The highest BCUT2D eigenvalue weighted by atomic mass is 15.2. The molecule has 0 radical (unpaired) electrons. The van der Waals surface area contributed by atoms with Crippen molar-refractivity contribution in [2.45, 2.75) is 45.6 Å². The average Bonchev–Trinajstić information content (AvgIpc) is 3.12. The summed E-state index contributed by atoms with van der Waals surface area (Å²) in [6, 6.07) is 8.79. The van der Waals surface area contributed by atoms with E-state index >= 15 is 0 Å². The second kappa shape index (κ2) is 6.50. The van der Waals surface area contributed by atoms with Crippen molar-refractivity contribution in [1.29, 1.82) is 5.26 Å². The van der Waals surface area contributed by atoms with Crippen molar-refractivity contribution in [3.8, 4) is 6.07 Å². The first-order chi connectivity index (χ1) is 10.7. The molecule has 1 aromatic heterocycles. The lowest BCUT2D eigenvalue weighted by Crippen LogP contribution is -2.24. The van der Waals surface area contributed by atoms with E-state index in [2.05, 4.69) is 47.6 Å². The lowest BCUT2D eigenvalue weighted by atomic mass is 10.0. The fourth-order valence-corrected chi connectivity index (χ4v) is 3.26. The SMILES string of the molecule is CC(C)c1ccc2c(c1)nc(CC#N)n2CCN1CCCC1. The van der Waals surface area contributed by atoms with Crippen LogP contribution in [-0.4, -0.2) is 34.1 Å². The summed E-state index contributed by atoms with van der Waals surface area (Å²) in [5, 5.41) is 9.08. The molecule has 1 aliphatic rings. The molecule has 0 bridgehead atoms. The van der Waals surface area contributed by atoms with Crippen LogP contribution in [0.2, 0.25) is 0 Å². The number of likely N-dealkylation sites (tertiary alicyclic amines) is 1. The van der Waals surface area contributed by atoms with Crippen molar-refractivity contribution in [2.75, 3.05) is 19.6 Å². The van der Waals surface area contributed by atoms with Crippen LogP contribution in [0.1, 0.15) is 44.0 Å². The van der Waals surface area contributed by atoms with Crippen LogP contribution in [0.5, 0.6) is 0 Å². The molecule has 3 rings (SSSR count). The zero-order valence-electron chi connectivity index (χ0n) is 13.5. The van der Waals surface area contributed by atoms with Crippen molar-refractivity contribution in [2.24, 2.45) is 0 Å². The minimum absolute atomic E-state index is 0.381. The molecule has 4 heteroatoms. The minimum Gasteiger partial charge on any atom is -0.326 e. The molecule has 0 atom stereocenters. The van der Waals surface area contributed by atoms with Gasteiger partial charge in [-0.15, -0.1) is 0 Å². The highest BCUT2D eigenvalue weighted by Crippen LogP contribution is 2.23. The molecule has 2 heterocycles. The van der Waals surface area contributed by atoms with Crippen LogP contribution >= 0.6 is 0 Å². The Labute approximate surface area is 132 Å². The monoisotopic (exact) mass is 296 g/mol. The van der Waals surface area contributed by atoms with Crippen LogP contribution in [0, 0.1) is 11.3 Å².